The molecule has 0 aromatic carbocycles. The van der Waals surface area contributed by atoms with Crippen molar-refractivity contribution in [1.29, 1.82) is 0 Å². The highest BCUT2D eigenvalue weighted by Gasteiger charge is 2.37. The molecule has 16 heavy (non-hydrogen) atoms. The van der Waals surface area contributed by atoms with Crippen LogP contribution in [0.15, 0.2) is 12.3 Å². The van der Waals surface area contributed by atoms with Crippen LogP contribution in [0.5, 0.6) is 5.75 Å². The summed E-state index contributed by atoms with van der Waals surface area (Å²) < 4.78 is 11.3. The molecule has 4 nitrogen and oxygen atoms in total. The summed E-state index contributed by atoms with van der Waals surface area (Å²) in [5.74, 6) is 1.78. The van der Waals surface area contributed by atoms with Gasteiger partial charge in [0.25, 0.3) is 0 Å². The summed E-state index contributed by atoms with van der Waals surface area (Å²) in [6, 6.07) is 1.97. The molecule has 86 valence electrons. The third-order valence-electron chi connectivity index (χ3n) is 3.43. The maximum Gasteiger partial charge on any atom is 0.169 e. The fraction of sp³-hybridized carbons (Fsp3) is 0.583. The third-order valence-corrected chi connectivity index (χ3v) is 3.43. The highest BCUT2D eigenvalue weighted by Crippen LogP contribution is 2.37. The first kappa shape index (κ1) is 9.90. The van der Waals surface area contributed by atoms with Crippen molar-refractivity contribution in [3.63, 3.8) is 0 Å². The van der Waals surface area contributed by atoms with Crippen molar-refractivity contribution in [3.05, 3.63) is 17.8 Å². The lowest BCUT2D eigenvalue weighted by molar-refractivity contribution is 0.0383. The van der Waals surface area contributed by atoms with Crippen molar-refractivity contribution < 1.29 is 9.47 Å². The Morgan fingerprint density at radius 2 is 2.19 bits per heavy atom. The zero-order chi connectivity index (χ0) is 11.0. The first-order valence-corrected chi connectivity index (χ1v) is 5.73. The number of pyridine rings is 1. The predicted molar refractivity (Wildman–Crippen MR) is 60.9 cm³/mol. The van der Waals surface area contributed by atoms with Crippen LogP contribution in [-0.2, 0) is 4.74 Å². The molecule has 0 unspecified atom stereocenters. The van der Waals surface area contributed by atoms with Gasteiger partial charge < -0.3 is 14.8 Å². The van der Waals surface area contributed by atoms with Crippen LogP contribution >= 0.6 is 0 Å². The highest BCUT2D eigenvalue weighted by atomic mass is 16.5. The van der Waals surface area contributed by atoms with Crippen molar-refractivity contribution in [2.24, 2.45) is 0 Å². The largest absolute Gasteiger partial charge is 0.487 e. The number of rotatable bonds is 0. The van der Waals surface area contributed by atoms with Gasteiger partial charge in [-0.3, -0.25) is 0 Å². The summed E-state index contributed by atoms with van der Waals surface area (Å²) in [6.07, 6.45) is 3.80. The van der Waals surface area contributed by atoms with E-state index in [4.69, 9.17) is 9.47 Å². The molecule has 2 aliphatic rings. The van der Waals surface area contributed by atoms with Crippen molar-refractivity contribution in [2.75, 3.05) is 25.1 Å². The number of aromatic nitrogens is 1. The molecule has 1 aromatic heterocycles. The Hall–Kier alpha value is -1.29. The van der Waals surface area contributed by atoms with Crippen LogP contribution in [-0.4, -0.2) is 30.3 Å². The monoisotopic (exact) mass is 220 g/mol. The van der Waals surface area contributed by atoms with E-state index in [1.165, 1.54) is 0 Å². The number of aryl methyl sites for hydroxylation is 1. The lowest BCUT2D eigenvalue weighted by Crippen LogP contribution is -2.51. The second kappa shape index (κ2) is 3.63. The molecule has 1 saturated heterocycles. The van der Waals surface area contributed by atoms with Gasteiger partial charge >= 0.3 is 0 Å². The number of nitrogens with one attached hydrogen (secondary N) is 1. The van der Waals surface area contributed by atoms with Gasteiger partial charge in [-0.25, -0.2) is 4.98 Å². The predicted octanol–water partition coefficient (Wildman–Crippen LogP) is 1.74. The Labute approximate surface area is 95.0 Å². The van der Waals surface area contributed by atoms with Crippen LogP contribution < -0.4 is 10.1 Å². The van der Waals surface area contributed by atoms with Crippen LogP contribution in [0.25, 0.3) is 0 Å². The van der Waals surface area contributed by atoms with Crippen LogP contribution in [0.1, 0.15) is 18.4 Å². The van der Waals surface area contributed by atoms with Gasteiger partial charge in [-0.2, -0.15) is 0 Å². The molecule has 1 N–H and O–H groups in total. The summed E-state index contributed by atoms with van der Waals surface area (Å²) >= 11 is 0. The summed E-state index contributed by atoms with van der Waals surface area (Å²) in [7, 11) is 0. The number of fused-ring (bicyclic) bond motifs is 1. The average Bonchev–Trinajstić information content (AvgIpc) is 2.30. The molecule has 1 fully saturated rings. The van der Waals surface area contributed by atoms with E-state index < -0.39 is 0 Å². The summed E-state index contributed by atoms with van der Waals surface area (Å²) in [5.41, 5.74) is 1.17. The van der Waals surface area contributed by atoms with E-state index in [2.05, 4.69) is 10.3 Å². The molecule has 0 bridgehead atoms. The lowest BCUT2D eigenvalue weighted by atomic mass is 9.90. The fourth-order valence-electron chi connectivity index (χ4n) is 2.34. The van der Waals surface area contributed by atoms with Crippen molar-refractivity contribution >= 4 is 5.82 Å². The van der Waals surface area contributed by atoms with Crippen molar-refractivity contribution in [2.45, 2.75) is 25.3 Å². The van der Waals surface area contributed by atoms with E-state index in [0.29, 0.717) is 0 Å². The van der Waals surface area contributed by atoms with Gasteiger partial charge in [0.2, 0.25) is 0 Å². The quantitative estimate of drug-likeness (QED) is 0.723. The zero-order valence-corrected chi connectivity index (χ0v) is 9.45. The van der Waals surface area contributed by atoms with E-state index in [1.807, 2.05) is 19.2 Å². The summed E-state index contributed by atoms with van der Waals surface area (Å²) in [4.78, 5) is 4.35. The Kier molecular flexibility index (Phi) is 2.24. The second-order valence-electron chi connectivity index (χ2n) is 4.61. The van der Waals surface area contributed by atoms with Crippen molar-refractivity contribution in [1.82, 2.24) is 4.98 Å². The van der Waals surface area contributed by atoms with Crippen LogP contribution in [0.3, 0.4) is 0 Å². The number of nitrogens with zero attached hydrogens (tertiary/aromatic N) is 1. The molecule has 1 spiro atoms. The van der Waals surface area contributed by atoms with Gasteiger partial charge in [0.15, 0.2) is 11.6 Å². The SMILES string of the molecule is Cc1ccnc2c1OCC1(CCOCC1)N2. The maximum absolute atomic E-state index is 5.87. The van der Waals surface area contributed by atoms with Crippen LogP contribution in [0.2, 0.25) is 0 Å². The Balaban J connectivity index is 1.91. The fourth-order valence-corrected chi connectivity index (χ4v) is 2.34. The van der Waals surface area contributed by atoms with E-state index in [9.17, 15) is 0 Å². The smallest absolute Gasteiger partial charge is 0.169 e. The number of hydrogen-bond donors (Lipinski definition) is 1. The summed E-state index contributed by atoms with van der Waals surface area (Å²) in [6.45, 7) is 4.37. The lowest BCUT2D eigenvalue weighted by Gasteiger charge is -2.41. The molecule has 0 atom stereocenters. The number of ether oxygens (including phenoxy) is 2. The van der Waals surface area contributed by atoms with Gasteiger partial charge in [0.05, 0.1) is 5.54 Å². The minimum Gasteiger partial charge on any atom is -0.487 e. The zero-order valence-electron chi connectivity index (χ0n) is 9.45. The van der Waals surface area contributed by atoms with E-state index >= 15 is 0 Å². The molecule has 1 aromatic rings. The Morgan fingerprint density at radius 1 is 1.38 bits per heavy atom. The van der Waals surface area contributed by atoms with Crippen LogP contribution in [0, 0.1) is 6.92 Å². The minimum absolute atomic E-state index is 0.0338. The van der Waals surface area contributed by atoms with Crippen molar-refractivity contribution in [3.8, 4) is 5.75 Å². The number of anilines is 1. The average molecular weight is 220 g/mol. The second-order valence-corrected chi connectivity index (χ2v) is 4.61. The van der Waals surface area contributed by atoms with E-state index in [-0.39, 0.29) is 5.54 Å². The molecule has 3 heterocycles. The molecule has 0 amide bonds. The van der Waals surface area contributed by atoms with Gasteiger partial charge in [-0.05, 0) is 31.4 Å². The standard InChI is InChI=1S/C12H16N2O2/c1-9-2-5-13-11-10(9)16-8-12(14-11)3-6-15-7-4-12/h2,5H,3-4,6-8H2,1H3,(H,13,14). The summed E-state index contributed by atoms with van der Waals surface area (Å²) in [5, 5.41) is 3.54. The van der Waals surface area contributed by atoms with E-state index in [0.717, 1.165) is 49.8 Å². The molecular formula is C12H16N2O2. The molecule has 0 aliphatic carbocycles. The number of hydrogen-bond acceptors (Lipinski definition) is 4. The normalized spacial score (nSPS) is 22.1. The molecule has 0 radical (unpaired) electrons. The van der Waals surface area contributed by atoms with Gasteiger partial charge in [-0.1, -0.05) is 0 Å². The molecule has 2 aliphatic heterocycles. The molecule has 0 saturated carbocycles. The molecular weight excluding hydrogens is 204 g/mol. The first-order chi connectivity index (χ1) is 7.79. The van der Waals surface area contributed by atoms with Gasteiger partial charge in [-0.15, -0.1) is 0 Å². The highest BCUT2D eigenvalue weighted by molar-refractivity contribution is 5.57. The maximum atomic E-state index is 5.87. The van der Waals surface area contributed by atoms with Gasteiger partial charge in [0.1, 0.15) is 6.61 Å². The first-order valence-electron chi connectivity index (χ1n) is 5.73. The molecule has 4 heteroatoms. The molecule has 3 rings (SSSR count). The minimum atomic E-state index is 0.0338. The van der Waals surface area contributed by atoms with Gasteiger partial charge in [0, 0.05) is 19.4 Å². The third kappa shape index (κ3) is 1.53. The van der Waals surface area contributed by atoms with E-state index in [1.54, 1.807) is 0 Å². The Bertz CT molecular complexity index is 400. The Morgan fingerprint density at radius 3 is 3.00 bits per heavy atom. The van der Waals surface area contributed by atoms with Crippen LogP contribution in [0.4, 0.5) is 5.82 Å². The topological polar surface area (TPSA) is 43.4 Å².